The Labute approximate surface area is 140 Å². The van der Waals surface area contributed by atoms with E-state index in [1.165, 1.54) is 0 Å². The predicted octanol–water partition coefficient (Wildman–Crippen LogP) is 3.85. The molecular weight excluding hydrogens is 314 g/mol. The summed E-state index contributed by atoms with van der Waals surface area (Å²) in [6, 6.07) is 11.2. The summed E-state index contributed by atoms with van der Waals surface area (Å²) in [7, 11) is 1.59. The van der Waals surface area contributed by atoms with Crippen molar-refractivity contribution in [3.05, 3.63) is 52.5 Å². The van der Waals surface area contributed by atoms with Crippen molar-refractivity contribution < 1.29 is 14.3 Å². The summed E-state index contributed by atoms with van der Waals surface area (Å²) in [5, 5.41) is 3.59. The van der Waals surface area contributed by atoms with Crippen LogP contribution in [0.5, 0.6) is 11.5 Å². The first-order valence-corrected chi connectivity index (χ1v) is 7.81. The number of fused-ring (bicyclic) bond motifs is 1. The van der Waals surface area contributed by atoms with Crippen molar-refractivity contribution in [2.45, 2.75) is 13.3 Å². The third-order valence-corrected chi connectivity index (χ3v) is 4.15. The van der Waals surface area contributed by atoms with E-state index in [0.29, 0.717) is 29.5 Å². The first-order valence-electron chi connectivity index (χ1n) is 7.43. The van der Waals surface area contributed by atoms with E-state index in [4.69, 9.17) is 21.1 Å². The Morgan fingerprint density at radius 1 is 1.30 bits per heavy atom. The first kappa shape index (κ1) is 15.7. The van der Waals surface area contributed by atoms with Gasteiger partial charge in [0, 0.05) is 5.02 Å². The van der Waals surface area contributed by atoms with Crippen molar-refractivity contribution in [2.75, 3.05) is 19.0 Å². The van der Waals surface area contributed by atoms with Crippen LogP contribution in [0.1, 0.15) is 11.1 Å². The van der Waals surface area contributed by atoms with E-state index in [9.17, 15) is 4.79 Å². The predicted molar refractivity (Wildman–Crippen MR) is 90.5 cm³/mol. The molecule has 0 saturated heterocycles. The summed E-state index contributed by atoms with van der Waals surface area (Å²) in [5.41, 5.74) is 2.69. The van der Waals surface area contributed by atoms with E-state index < -0.39 is 0 Å². The number of anilines is 1. The molecule has 0 saturated carbocycles. The monoisotopic (exact) mass is 331 g/mol. The molecule has 2 aromatic carbocycles. The highest BCUT2D eigenvalue weighted by atomic mass is 35.5. The molecule has 2 aromatic rings. The Kier molecular flexibility index (Phi) is 4.44. The molecule has 0 aliphatic carbocycles. The number of hydrogen-bond acceptors (Lipinski definition) is 3. The number of amides is 1. The van der Waals surface area contributed by atoms with Crippen LogP contribution in [0, 0.1) is 12.8 Å². The fourth-order valence-electron chi connectivity index (χ4n) is 2.69. The number of carbonyl (C=O) groups is 1. The van der Waals surface area contributed by atoms with Gasteiger partial charge in [0.25, 0.3) is 0 Å². The van der Waals surface area contributed by atoms with Crippen molar-refractivity contribution >= 4 is 23.2 Å². The maximum atomic E-state index is 12.6. The number of methoxy groups -OCH3 is 1. The molecule has 1 aliphatic heterocycles. The molecule has 0 spiro atoms. The van der Waals surface area contributed by atoms with Crippen molar-refractivity contribution in [3.63, 3.8) is 0 Å². The van der Waals surface area contributed by atoms with Crippen LogP contribution in [-0.4, -0.2) is 19.6 Å². The number of nitrogens with one attached hydrogen (secondary N) is 1. The standard InChI is InChI=1S/C18H18ClNO3/c1-11-3-5-17(22-2)15(7-11)20-18(21)13-8-12-9-14(19)4-6-16(12)23-10-13/h3-7,9,13H,8,10H2,1-2H3,(H,20,21)/t13-/m1/s1. The van der Waals surface area contributed by atoms with Gasteiger partial charge in [-0.05, 0) is 54.8 Å². The highest BCUT2D eigenvalue weighted by Crippen LogP contribution is 2.31. The molecule has 4 nitrogen and oxygen atoms in total. The zero-order valence-corrected chi connectivity index (χ0v) is 13.8. The van der Waals surface area contributed by atoms with Crippen LogP contribution < -0.4 is 14.8 Å². The largest absolute Gasteiger partial charge is 0.495 e. The smallest absolute Gasteiger partial charge is 0.231 e. The van der Waals surface area contributed by atoms with Crippen LogP contribution in [0.15, 0.2) is 36.4 Å². The number of benzene rings is 2. The number of halogens is 1. The van der Waals surface area contributed by atoms with Gasteiger partial charge in [-0.15, -0.1) is 0 Å². The van der Waals surface area contributed by atoms with E-state index in [1.807, 2.05) is 37.3 Å². The fourth-order valence-corrected chi connectivity index (χ4v) is 2.88. The second-order valence-corrected chi connectivity index (χ2v) is 6.09. The lowest BCUT2D eigenvalue weighted by atomic mass is 9.96. The SMILES string of the molecule is COc1ccc(C)cc1NC(=O)[C@H]1COc2ccc(Cl)cc2C1. The van der Waals surface area contributed by atoms with E-state index in [2.05, 4.69) is 5.32 Å². The van der Waals surface area contributed by atoms with E-state index in [0.717, 1.165) is 16.9 Å². The third-order valence-electron chi connectivity index (χ3n) is 3.91. The minimum Gasteiger partial charge on any atom is -0.495 e. The molecular formula is C18H18ClNO3. The summed E-state index contributed by atoms with van der Waals surface area (Å²) in [4.78, 5) is 12.6. The van der Waals surface area contributed by atoms with Gasteiger partial charge < -0.3 is 14.8 Å². The Hall–Kier alpha value is -2.20. The average molecular weight is 332 g/mol. The van der Waals surface area contributed by atoms with Gasteiger partial charge in [-0.2, -0.15) is 0 Å². The summed E-state index contributed by atoms with van der Waals surface area (Å²) < 4.78 is 11.0. The minimum absolute atomic E-state index is 0.0838. The molecule has 120 valence electrons. The van der Waals surface area contributed by atoms with Crippen molar-refractivity contribution in [2.24, 2.45) is 5.92 Å². The molecule has 0 aromatic heterocycles. The summed E-state index contributed by atoms with van der Waals surface area (Å²) in [5.74, 6) is 1.10. The zero-order chi connectivity index (χ0) is 16.4. The Balaban J connectivity index is 1.76. The zero-order valence-electron chi connectivity index (χ0n) is 13.1. The molecule has 23 heavy (non-hydrogen) atoms. The van der Waals surface area contributed by atoms with Crippen LogP contribution in [0.3, 0.4) is 0 Å². The van der Waals surface area contributed by atoms with Crippen LogP contribution in [0.2, 0.25) is 5.02 Å². The molecule has 0 radical (unpaired) electrons. The molecule has 5 heteroatoms. The van der Waals surface area contributed by atoms with E-state index >= 15 is 0 Å². The molecule has 1 N–H and O–H groups in total. The Morgan fingerprint density at radius 2 is 2.13 bits per heavy atom. The lowest BCUT2D eigenvalue weighted by molar-refractivity contribution is -0.121. The van der Waals surface area contributed by atoms with Gasteiger partial charge in [-0.3, -0.25) is 4.79 Å². The molecule has 1 aliphatic rings. The van der Waals surface area contributed by atoms with Gasteiger partial charge in [-0.25, -0.2) is 0 Å². The maximum Gasteiger partial charge on any atom is 0.231 e. The van der Waals surface area contributed by atoms with Gasteiger partial charge in [0.05, 0.1) is 18.7 Å². The third kappa shape index (κ3) is 3.42. The van der Waals surface area contributed by atoms with Gasteiger partial charge in [0.1, 0.15) is 18.1 Å². The molecule has 1 atom stereocenters. The lowest BCUT2D eigenvalue weighted by Crippen LogP contribution is -2.32. The van der Waals surface area contributed by atoms with Crippen LogP contribution in [0.4, 0.5) is 5.69 Å². The van der Waals surface area contributed by atoms with Crippen LogP contribution in [-0.2, 0) is 11.2 Å². The molecule has 1 amide bonds. The molecule has 0 bridgehead atoms. The number of aryl methyl sites for hydroxylation is 1. The van der Waals surface area contributed by atoms with Crippen molar-refractivity contribution in [1.82, 2.24) is 0 Å². The number of rotatable bonds is 3. The Bertz CT molecular complexity index is 745. The van der Waals surface area contributed by atoms with E-state index in [-0.39, 0.29) is 11.8 Å². The van der Waals surface area contributed by atoms with Gasteiger partial charge in [0.2, 0.25) is 5.91 Å². The van der Waals surface area contributed by atoms with Gasteiger partial charge >= 0.3 is 0 Å². The molecule has 0 fully saturated rings. The van der Waals surface area contributed by atoms with Gasteiger partial charge in [0.15, 0.2) is 0 Å². The van der Waals surface area contributed by atoms with Crippen molar-refractivity contribution in [1.29, 1.82) is 0 Å². The summed E-state index contributed by atoms with van der Waals surface area (Å²) in [6.07, 6.45) is 0.607. The Morgan fingerprint density at radius 3 is 2.91 bits per heavy atom. The van der Waals surface area contributed by atoms with Crippen molar-refractivity contribution in [3.8, 4) is 11.5 Å². The highest BCUT2D eigenvalue weighted by molar-refractivity contribution is 6.30. The van der Waals surface area contributed by atoms with Crippen LogP contribution in [0.25, 0.3) is 0 Å². The van der Waals surface area contributed by atoms with Crippen LogP contribution >= 0.6 is 11.6 Å². The summed E-state index contributed by atoms with van der Waals surface area (Å²) in [6.45, 7) is 2.33. The van der Waals surface area contributed by atoms with E-state index in [1.54, 1.807) is 13.2 Å². The normalized spacial score (nSPS) is 16.2. The average Bonchev–Trinajstić information content (AvgIpc) is 2.54. The topological polar surface area (TPSA) is 47.6 Å². The molecule has 1 heterocycles. The lowest BCUT2D eigenvalue weighted by Gasteiger charge is -2.25. The number of carbonyl (C=O) groups excluding carboxylic acids is 1. The number of hydrogen-bond donors (Lipinski definition) is 1. The second kappa shape index (κ2) is 6.50. The molecule has 0 unspecified atom stereocenters. The highest BCUT2D eigenvalue weighted by Gasteiger charge is 2.26. The second-order valence-electron chi connectivity index (χ2n) is 5.66. The summed E-state index contributed by atoms with van der Waals surface area (Å²) >= 11 is 6.02. The minimum atomic E-state index is -0.258. The fraction of sp³-hybridized carbons (Fsp3) is 0.278. The maximum absolute atomic E-state index is 12.6. The number of ether oxygens (including phenoxy) is 2. The molecule has 3 rings (SSSR count). The quantitative estimate of drug-likeness (QED) is 0.929. The van der Waals surface area contributed by atoms with Gasteiger partial charge in [-0.1, -0.05) is 17.7 Å². The first-order chi connectivity index (χ1) is 11.1.